The van der Waals surface area contributed by atoms with Crippen molar-refractivity contribution in [3.05, 3.63) is 47.5 Å². The molecule has 0 bridgehead atoms. The van der Waals surface area contributed by atoms with E-state index in [1.807, 2.05) is 26.8 Å². The minimum absolute atomic E-state index is 0.122. The Hall–Kier alpha value is -2.10. The third-order valence-corrected chi connectivity index (χ3v) is 4.58. The molecule has 0 saturated carbocycles. The molecule has 1 fully saturated rings. The summed E-state index contributed by atoms with van der Waals surface area (Å²) in [4.78, 5) is 26.1. The van der Waals surface area contributed by atoms with Crippen LogP contribution in [0.25, 0.3) is 0 Å². The van der Waals surface area contributed by atoms with Crippen molar-refractivity contribution in [2.75, 3.05) is 13.1 Å². The molecule has 1 aromatic carbocycles. The fourth-order valence-corrected chi connectivity index (χ4v) is 3.04. The average Bonchev–Trinajstić information content (AvgIpc) is 2.58. The Labute approximate surface area is 157 Å². The van der Waals surface area contributed by atoms with Gasteiger partial charge in [0, 0.05) is 25.4 Å². The molecule has 0 aromatic heterocycles. The molecule has 0 aliphatic carbocycles. The zero-order valence-corrected chi connectivity index (χ0v) is 16.5. The Balaban J connectivity index is 1.86. The molecule has 1 saturated heterocycles. The quantitative estimate of drug-likeness (QED) is 0.712. The van der Waals surface area contributed by atoms with E-state index in [0.29, 0.717) is 25.9 Å². The smallest absolute Gasteiger partial charge is 0.410 e. The van der Waals surface area contributed by atoms with E-state index in [2.05, 4.69) is 37.3 Å². The number of hydrogen-bond donors (Lipinski definition) is 0. The molecule has 1 atom stereocenters. The van der Waals surface area contributed by atoms with Crippen LogP contribution in [0.4, 0.5) is 4.79 Å². The monoisotopic (exact) mass is 357 g/mol. The van der Waals surface area contributed by atoms with Crippen LogP contribution in [-0.2, 0) is 16.0 Å². The van der Waals surface area contributed by atoms with E-state index in [0.717, 1.165) is 12.8 Å². The van der Waals surface area contributed by atoms with E-state index in [1.165, 1.54) is 11.1 Å². The minimum atomic E-state index is -0.512. The lowest BCUT2D eigenvalue weighted by Crippen LogP contribution is -2.46. The van der Waals surface area contributed by atoms with Crippen LogP contribution in [0.1, 0.15) is 52.5 Å². The molecule has 26 heavy (non-hydrogen) atoms. The van der Waals surface area contributed by atoms with Crippen LogP contribution in [-0.4, -0.2) is 35.5 Å². The van der Waals surface area contributed by atoms with Crippen molar-refractivity contribution in [3.63, 3.8) is 0 Å². The standard InChI is InChI=1S/C22H31NO3/c1-17(10-12-18-8-6-5-7-9-18)11-13-19-16-23(15-14-20(19)24)21(25)26-22(2,3)4/h5-9,11,19H,10,12-16H2,1-4H3/b17-11+. The Morgan fingerprint density at radius 3 is 2.62 bits per heavy atom. The van der Waals surface area contributed by atoms with E-state index >= 15 is 0 Å². The highest BCUT2D eigenvalue weighted by Crippen LogP contribution is 2.21. The molecule has 1 aromatic rings. The van der Waals surface area contributed by atoms with E-state index < -0.39 is 5.60 Å². The summed E-state index contributed by atoms with van der Waals surface area (Å²) < 4.78 is 5.43. The highest BCUT2D eigenvalue weighted by molar-refractivity contribution is 5.84. The van der Waals surface area contributed by atoms with Crippen molar-refractivity contribution in [1.82, 2.24) is 4.90 Å². The maximum absolute atomic E-state index is 12.2. The van der Waals surface area contributed by atoms with Crippen molar-refractivity contribution in [2.45, 2.75) is 59.0 Å². The van der Waals surface area contributed by atoms with E-state index in [1.54, 1.807) is 4.90 Å². The lowest BCUT2D eigenvalue weighted by molar-refractivity contribution is -0.125. The summed E-state index contributed by atoms with van der Waals surface area (Å²) in [5, 5.41) is 0. The molecule has 4 nitrogen and oxygen atoms in total. The molecule has 0 radical (unpaired) electrons. The number of likely N-dealkylation sites (tertiary alicyclic amines) is 1. The van der Waals surface area contributed by atoms with Gasteiger partial charge in [-0.15, -0.1) is 0 Å². The Kier molecular flexibility index (Phi) is 7.01. The predicted molar refractivity (Wildman–Crippen MR) is 104 cm³/mol. The van der Waals surface area contributed by atoms with Gasteiger partial charge in [-0.3, -0.25) is 4.79 Å². The zero-order chi connectivity index (χ0) is 19.2. The molecule has 0 N–H and O–H groups in total. The van der Waals surface area contributed by atoms with Gasteiger partial charge in [0.05, 0.1) is 0 Å². The third kappa shape index (κ3) is 6.66. The summed E-state index contributed by atoms with van der Waals surface area (Å²) in [5.41, 5.74) is 2.10. The van der Waals surface area contributed by atoms with Gasteiger partial charge in [-0.1, -0.05) is 42.0 Å². The van der Waals surface area contributed by atoms with Gasteiger partial charge in [0.1, 0.15) is 11.4 Å². The second-order valence-corrected chi connectivity index (χ2v) is 8.11. The van der Waals surface area contributed by atoms with Crippen LogP contribution in [0.2, 0.25) is 0 Å². The number of aryl methyl sites for hydroxylation is 1. The van der Waals surface area contributed by atoms with Gasteiger partial charge >= 0.3 is 6.09 Å². The van der Waals surface area contributed by atoms with E-state index in [4.69, 9.17) is 4.74 Å². The van der Waals surface area contributed by atoms with Gasteiger partial charge in [-0.05, 0) is 52.5 Å². The fourth-order valence-electron chi connectivity index (χ4n) is 3.04. The predicted octanol–water partition coefficient (Wildman–Crippen LogP) is 4.78. The minimum Gasteiger partial charge on any atom is -0.444 e. The number of nitrogens with zero attached hydrogens (tertiary/aromatic N) is 1. The fraction of sp³-hybridized carbons (Fsp3) is 0.545. The molecule has 1 unspecified atom stereocenters. The number of hydrogen-bond acceptors (Lipinski definition) is 3. The summed E-state index contributed by atoms with van der Waals surface area (Å²) in [6, 6.07) is 10.4. The molecule has 0 spiro atoms. The largest absolute Gasteiger partial charge is 0.444 e. The van der Waals surface area contributed by atoms with Crippen molar-refractivity contribution < 1.29 is 14.3 Å². The molecule has 2 rings (SSSR count). The number of carbonyl (C=O) groups is 2. The normalized spacial score (nSPS) is 18.8. The molecule has 1 aliphatic heterocycles. The van der Waals surface area contributed by atoms with Gasteiger partial charge in [0.15, 0.2) is 0 Å². The number of Topliss-reactive ketones (excluding diaryl/α,β-unsaturated/α-hetero) is 1. The van der Waals surface area contributed by atoms with Gasteiger partial charge in [-0.2, -0.15) is 0 Å². The number of ketones is 1. The second kappa shape index (κ2) is 9.02. The van der Waals surface area contributed by atoms with Gasteiger partial charge in [-0.25, -0.2) is 4.79 Å². The van der Waals surface area contributed by atoms with Crippen molar-refractivity contribution in [3.8, 4) is 0 Å². The van der Waals surface area contributed by atoms with E-state index in [-0.39, 0.29) is 17.8 Å². The van der Waals surface area contributed by atoms with Crippen molar-refractivity contribution >= 4 is 11.9 Å². The van der Waals surface area contributed by atoms with Crippen LogP contribution in [0.15, 0.2) is 42.0 Å². The summed E-state index contributed by atoms with van der Waals surface area (Å²) in [6.07, 6.45) is 4.94. The average molecular weight is 357 g/mol. The molecule has 1 amide bonds. The zero-order valence-electron chi connectivity index (χ0n) is 16.5. The summed E-state index contributed by atoms with van der Waals surface area (Å²) >= 11 is 0. The SMILES string of the molecule is C/C(=C\CC1CN(C(=O)OC(C)(C)C)CCC1=O)CCc1ccccc1. The van der Waals surface area contributed by atoms with E-state index in [9.17, 15) is 9.59 Å². The van der Waals surface area contributed by atoms with Gasteiger partial charge in [0.25, 0.3) is 0 Å². The summed E-state index contributed by atoms with van der Waals surface area (Å²) in [5.74, 6) is 0.125. The maximum Gasteiger partial charge on any atom is 0.410 e. The first kappa shape index (κ1) is 20.2. The highest BCUT2D eigenvalue weighted by atomic mass is 16.6. The first-order chi connectivity index (χ1) is 12.2. The summed E-state index contributed by atoms with van der Waals surface area (Å²) in [6.45, 7) is 8.60. The van der Waals surface area contributed by atoms with Crippen LogP contribution in [0.3, 0.4) is 0 Å². The lowest BCUT2D eigenvalue weighted by atomic mass is 9.92. The van der Waals surface area contributed by atoms with Crippen LogP contribution < -0.4 is 0 Å². The molecule has 142 valence electrons. The van der Waals surface area contributed by atoms with Crippen molar-refractivity contribution in [1.29, 1.82) is 0 Å². The molecule has 1 aliphatic rings. The molecule has 4 heteroatoms. The lowest BCUT2D eigenvalue weighted by Gasteiger charge is -2.33. The molecular weight excluding hydrogens is 326 g/mol. The van der Waals surface area contributed by atoms with Crippen LogP contribution in [0.5, 0.6) is 0 Å². The third-order valence-electron chi connectivity index (χ3n) is 4.58. The number of ether oxygens (including phenoxy) is 1. The number of allylic oxidation sites excluding steroid dienone is 2. The summed E-state index contributed by atoms with van der Waals surface area (Å²) in [7, 11) is 0. The Morgan fingerprint density at radius 1 is 1.27 bits per heavy atom. The maximum atomic E-state index is 12.2. The van der Waals surface area contributed by atoms with Crippen LogP contribution in [0, 0.1) is 5.92 Å². The number of amides is 1. The Morgan fingerprint density at radius 2 is 1.96 bits per heavy atom. The second-order valence-electron chi connectivity index (χ2n) is 8.11. The van der Waals surface area contributed by atoms with Crippen molar-refractivity contribution in [2.24, 2.45) is 5.92 Å². The van der Waals surface area contributed by atoms with Gasteiger partial charge < -0.3 is 9.64 Å². The first-order valence-corrected chi connectivity index (χ1v) is 9.45. The van der Waals surface area contributed by atoms with Crippen LogP contribution >= 0.6 is 0 Å². The number of rotatable bonds is 5. The van der Waals surface area contributed by atoms with Gasteiger partial charge in [0.2, 0.25) is 0 Å². The first-order valence-electron chi connectivity index (χ1n) is 9.45. The molecule has 1 heterocycles. The number of piperidine rings is 1. The highest BCUT2D eigenvalue weighted by Gasteiger charge is 2.31. The Bertz CT molecular complexity index is 643. The topological polar surface area (TPSA) is 46.6 Å². The number of carbonyl (C=O) groups excluding carboxylic acids is 2. The number of benzene rings is 1. The molecular formula is C22H31NO3.